The summed E-state index contributed by atoms with van der Waals surface area (Å²) >= 11 is 0. The Morgan fingerprint density at radius 2 is 1.93 bits per heavy atom. The molecule has 6 nitrogen and oxygen atoms in total. The second-order valence-electron chi connectivity index (χ2n) is 7.78. The van der Waals surface area contributed by atoms with Crippen molar-refractivity contribution in [3.8, 4) is 5.75 Å². The van der Waals surface area contributed by atoms with Crippen LogP contribution in [0, 0.1) is 0 Å². The van der Waals surface area contributed by atoms with Gasteiger partial charge in [-0.15, -0.1) is 0 Å². The van der Waals surface area contributed by atoms with Crippen LogP contribution in [0.3, 0.4) is 0 Å². The molecule has 6 heteroatoms. The van der Waals surface area contributed by atoms with Gasteiger partial charge in [-0.05, 0) is 56.1 Å². The molecule has 2 aliphatic rings. The fourth-order valence-corrected chi connectivity index (χ4v) is 4.44. The van der Waals surface area contributed by atoms with Crippen LogP contribution in [0.25, 0.3) is 0 Å². The number of carbonyl (C=O) groups is 2. The summed E-state index contributed by atoms with van der Waals surface area (Å²) in [5.74, 6) is 0.806. The fraction of sp³-hybridized carbons (Fsp3) is 0.391. The lowest BCUT2D eigenvalue weighted by atomic mass is 10.0. The highest BCUT2D eigenvalue weighted by molar-refractivity contribution is 6.04. The van der Waals surface area contributed by atoms with Crippen molar-refractivity contribution >= 4 is 23.2 Å². The average molecular weight is 393 g/mol. The summed E-state index contributed by atoms with van der Waals surface area (Å²) in [6.07, 6.45) is 2.39. The first-order valence-corrected chi connectivity index (χ1v) is 10.2. The van der Waals surface area contributed by atoms with E-state index < -0.39 is 0 Å². The summed E-state index contributed by atoms with van der Waals surface area (Å²) in [7, 11) is 1.66. The Kier molecular flexibility index (Phi) is 5.53. The molecule has 0 unspecified atom stereocenters. The molecular weight excluding hydrogens is 366 g/mol. The third-order valence-electron chi connectivity index (χ3n) is 5.83. The number of benzene rings is 2. The van der Waals surface area contributed by atoms with Crippen molar-refractivity contribution in [1.29, 1.82) is 0 Å². The van der Waals surface area contributed by atoms with Crippen molar-refractivity contribution in [3.63, 3.8) is 0 Å². The van der Waals surface area contributed by atoms with Gasteiger partial charge >= 0.3 is 0 Å². The summed E-state index contributed by atoms with van der Waals surface area (Å²) in [6, 6.07) is 15.7. The Morgan fingerprint density at radius 1 is 1.17 bits per heavy atom. The largest absolute Gasteiger partial charge is 0.497 e. The van der Waals surface area contributed by atoms with Crippen molar-refractivity contribution in [3.05, 3.63) is 54.1 Å². The second-order valence-corrected chi connectivity index (χ2v) is 7.78. The number of nitrogens with zero attached hydrogens (tertiary/aromatic N) is 2. The molecule has 0 aromatic heterocycles. The van der Waals surface area contributed by atoms with Crippen LogP contribution in [0.2, 0.25) is 0 Å². The van der Waals surface area contributed by atoms with Crippen LogP contribution in [0.5, 0.6) is 5.75 Å². The van der Waals surface area contributed by atoms with E-state index >= 15 is 0 Å². The number of nitrogens with one attached hydrogen (secondary N) is 1. The zero-order valence-electron chi connectivity index (χ0n) is 16.9. The highest BCUT2D eigenvalue weighted by Gasteiger charge is 2.33. The number of ether oxygens (including phenoxy) is 1. The standard InChI is InChI=1S/C23H27N3O3/c1-16-14-22(27)24-19-6-3-4-7-21(19)26(16)23(28)15-25-13-5-8-20(25)17-9-11-18(29-2)12-10-17/h3-4,6-7,9-12,16,20H,5,8,13-15H2,1-2H3,(H,24,27)/t16-,20-/m0/s1. The molecular formula is C23H27N3O3. The van der Waals surface area contributed by atoms with E-state index in [1.54, 1.807) is 12.0 Å². The molecule has 0 aliphatic carbocycles. The third-order valence-corrected chi connectivity index (χ3v) is 5.83. The van der Waals surface area contributed by atoms with Gasteiger partial charge in [0.2, 0.25) is 11.8 Å². The van der Waals surface area contributed by atoms with E-state index in [-0.39, 0.29) is 23.9 Å². The minimum Gasteiger partial charge on any atom is -0.497 e. The Labute approximate surface area is 171 Å². The molecule has 1 N–H and O–H groups in total. The Hall–Kier alpha value is -2.86. The molecule has 1 fully saturated rings. The number of likely N-dealkylation sites (tertiary alicyclic amines) is 1. The van der Waals surface area contributed by atoms with Gasteiger partial charge in [0, 0.05) is 18.5 Å². The molecule has 1 saturated heterocycles. The van der Waals surface area contributed by atoms with E-state index in [0.717, 1.165) is 30.8 Å². The summed E-state index contributed by atoms with van der Waals surface area (Å²) in [5, 5.41) is 2.92. The number of hydrogen-bond donors (Lipinski definition) is 1. The van der Waals surface area contributed by atoms with Crippen LogP contribution in [0.1, 0.15) is 37.8 Å². The number of fused-ring (bicyclic) bond motifs is 1. The number of carbonyl (C=O) groups excluding carboxylic acids is 2. The van der Waals surface area contributed by atoms with Crippen molar-refractivity contribution in [2.75, 3.05) is 30.4 Å². The summed E-state index contributed by atoms with van der Waals surface area (Å²) in [5.41, 5.74) is 2.68. The molecule has 2 atom stereocenters. The van der Waals surface area contributed by atoms with E-state index in [0.29, 0.717) is 18.7 Å². The third kappa shape index (κ3) is 3.98. The van der Waals surface area contributed by atoms with Gasteiger partial charge in [0.25, 0.3) is 0 Å². The molecule has 0 radical (unpaired) electrons. The van der Waals surface area contributed by atoms with Crippen molar-refractivity contribution < 1.29 is 14.3 Å². The predicted octanol–water partition coefficient (Wildman–Crippen LogP) is 3.60. The van der Waals surface area contributed by atoms with E-state index in [9.17, 15) is 9.59 Å². The van der Waals surface area contributed by atoms with Crippen LogP contribution >= 0.6 is 0 Å². The van der Waals surface area contributed by atoms with Gasteiger partial charge in [-0.3, -0.25) is 14.5 Å². The molecule has 0 bridgehead atoms. The number of hydrogen-bond acceptors (Lipinski definition) is 4. The minimum absolute atomic E-state index is 0.0295. The van der Waals surface area contributed by atoms with Crippen LogP contribution in [-0.2, 0) is 9.59 Å². The van der Waals surface area contributed by atoms with Crippen molar-refractivity contribution in [2.24, 2.45) is 0 Å². The van der Waals surface area contributed by atoms with Gasteiger partial charge in [0.05, 0.1) is 25.0 Å². The maximum atomic E-state index is 13.4. The molecule has 29 heavy (non-hydrogen) atoms. The number of anilines is 2. The predicted molar refractivity (Wildman–Crippen MR) is 113 cm³/mol. The molecule has 0 spiro atoms. The number of para-hydroxylation sites is 2. The van der Waals surface area contributed by atoms with Crippen LogP contribution in [-0.4, -0.2) is 43.0 Å². The highest BCUT2D eigenvalue weighted by atomic mass is 16.5. The molecule has 2 aliphatic heterocycles. The van der Waals surface area contributed by atoms with Crippen molar-refractivity contribution in [2.45, 2.75) is 38.3 Å². The smallest absolute Gasteiger partial charge is 0.241 e. The normalized spacial score (nSPS) is 22.0. The zero-order valence-corrected chi connectivity index (χ0v) is 16.9. The summed E-state index contributed by atoms with van der Waals surface area (Å²) in [6.45, 7) is 3.16. The lowest BCUT2D eigenvalue weighted by molar-refractivity contribution is -0.120. The average Bonchev–Trinajstić information content (AvgIpc) is 3.12. The molecule has 2 aromatic rings. The van der Waals surface area contributed by atoms with E-state index in [1.807, 2.05) is 43.3 Å². The quantitative estimate of drug-likeness (QED) is 0.862. The molecule has 2 aromatic carbocycles. The molecule has 2 heterocycles. The van der Waals surface area contributed by atoms with E-state index in [4.69, 9.17) is 4.74 Å². The van der Waals surface area contributed by atoms with E-state index in [1.165, 1.54) is 5.56 Å². The van der Waals surface area contributed by atoms with Crippen molar-refractivity contribution in [1.82, 2.24) is 4.90 Å². The first-order chi connectivity index (χ1) is 14.1. The Balaban J connectivity index is 1.55. The van der Waals surface area contributed by atoms with Crippen LogP contribution in [0.4, 0.5) is 11.4 Å². The van der Waals surface area contributed by atoms with Crippen LogP contribution < -0.4 is 15.0 Å². The zero-order chi connectivity index (χ0) is 20.4. The number of amides is 2. The van der Waals surface area contributed by atoms with Gasteiger partial charge in [0.1, 0.15) is 5.75 Å². The van der Waals surface area contributed by atoms with Crippen LogP contribution in [0.15, 0.2) is 48.5 Å². The molecule has 2 amide bonds. The lowest BCUT2D eigenvalue weighted by Gasteiger charge is -2.31. The van der Waals surface area contributed by atoms with Gasteiger partial charge in [0.15, 0.2) is 0 Å². The molecule has 4 rings (SSSR count). The van der Waals surface area contributed by atoms with Gasteiger partial charge in [-0.2, -0.15) is 0 Å². The topological polar surface area (TPSA) is 61.9 Å². The Morgan fingerprint density at radius 3 is 2.69 bits per heavy atom. The van der Waals surface area contributed by atoms with E-state index in [2.05, 4.69) is 22.3 Å². The molecule has 152 valence electrons. The van der Waals surface area contributed by atoms with Gasteiger partial charge in [-0.1, -0.05) is 24.3 Å². The highest BCUT2D eigenvalue weighted by Crippen LogP contribution is 2.35. The Bertz CT molecular complexity index is 896. The lowest BCUT2D eigenvalue weighted by Crippen LogP contribution is -2.45. The number of methoxy groups -OCH3 is 1. The first-order valence-electron chi connectivity index (χ1n) is 10.2. The van der Waals surface area contributed by atoms with Gasteiger partial charge < -0.3 is 15.0 Å². The number of rotatable bonds is 4. The maximum Gasteiger partial charge on any atom is 0.241 e. The molecule has 0 saturated carbocycles. The first kappa shape index (κ1) is 19.5. The monoisotopic (exact) mass is 393 g/mol. The summed E-state index contributed by atoms with van der Waals surface area (Å²) < 4.78 is 5.26. The summed E-state index contributed by atoms with van der Waals surface area (Å²) in [4.78, 5) is 29.6. The maximum absolute atomic E-state index is 13.4. The second kappa shape index (κ2) is 8.25. The van der Waals surface area contributed by atoms with Gasteiger partial charge in [-0.25, -0.2) is 0 Å². The SMILES string of the molecule is COc1ccc([C@@H]2CCCN2CC(=O)N2c3ccccc3NC(=O)C[C@@H]2C)cc1. The minimum atomic E-state index is -0.187. The fourth-order valence-electron chi connectivity index (χ4n) is 4.44.